The molecule has 0 aliphatic rings. The third-order valence-corrected chi connectivity index (χ3v) is 7.15. The molecule has 0 atom stereocenters. The van der Waals surface area contributed by atoms with Crippen LogP contribution in [0.2, 0.25) is 0 Å². The van der Waals surface area contributed by atoms with Crippen LogP contribution in [0.5, 0.6) is 0 Å². The van der Waals surface area contributed by atoms with Gasteiger partial charge >= 0.3 is 5.97 Å². The van der Waals surface area contributed by atoms with Gasteiger partial charge in [0.15, 0.2) is 0 Å². The number of anilines is 1. The minimum Gasteiger partial charge on any atom is -0.478 e. The van der Waals surface area contributed by atoms with Gasteiger partial charge < -0.3 is 5.11 Å². The number of thiophene rings is 1. The third kappa shape index (κ3) is 3.86. The lowest BCUT2D eigenvalue weighted by Gasteiger charge is -2.09. The van der Waals surface area contributed by atoms with E-state index in [9.17, 15) is 13.2 Å². The molecule has 1 heterocycles. The molecule has 2 N–H and O–H groups in total. The van der Waals surface area contributed by atoms with Crippen LogP contribution in [0.1, 0.15) is 10.4 Å². The van der Waals surface area contributed by atoms with Crippen molar-refractivity contribution in [2.24, 2.45) is 0 Å². The second-order valence-electron chi connectivity index (χ2n) is 3.79. The molecular formula is C11H6Br3NO4S2. The Hall–Kier alpha value is -0.420. The van der Waals surface area contributed by atoms with Crippen molar-refractivity contribution in [3.63, 3.8) is 0 Å². The largest absolute Gasteiger partial charge is 0.478 e. The molecule has 2 rings (SSSR count). The van der Waals surface area contributed by atoms with Gasteiger partial charge in [-0.3, -0.25) is 4.72 Å². The van der Waals surface area contributed by atoms with Gasteiger partial charge in [-0.1, -0.05) is 0 Å². The highest BCUT2D eigenvalue weighted by Crippen LogP contribution is 2.36. The van der Waals surface area contributed by atoms with Gasteiger partial charge in [0.25, 0.3) is 10.0 Å². The first-order valence-electron chi connectivity index (χ1n) is 5.21. The number of hydrogen-bond donors (Lipinski definition) is 2. The summed E-state index contributed by atoms with van der Waals surface area (Å²) in [5.74, 6) is -1.09. The third-order valence-electron chi connectivity index (χ3n) is 2.38. The van der Waals surface area contributed by atoms with Crippen molar-refractivity contribution in [2.45, 2.75) is 4.90 Å². The molecule has 21 heavy (non-hydrogen) atoms. The number of carboxylic acid groups (broad SMARTS) is 1. The molecule has 0 fully saturated rings. The molecule has 0 saturated heterocycles. The van der Waals surface area contributed by atoms with Crippen LogP contribution in [0.3, 0.4) is 0 Å². The Morgan fingerprint density at radius 3 is 2.33 bits per heavy atom. The number of benzene rings is 1. The van der Waals surface area contributed by atoms with Gasteiger partial charge in [0.1, 0.15) is 4.90 Å². The Balaban J connectivity index is 2.37. The lowest BCUT2D eigenvalue weighted by atomic mass is 10.2. The summed E-state index contributed by atoms with van der Waals surface area (Å²) in [6, 6.07) is 5.53. The maximum Gasteiger partial charge on any atom is 0.335 e. The quantitative estimate of drug-likeness (QED) is 0.621. The molecule has 1 aromatic carbocycles. The maximum atomic E-state index is 12.3. The normalized spacial score (nSPS) is 11.4. The van der Waals surface area contributed by atoms with E-state index in [0.717, 1.165) is 0 Å². The number of carbonyl (C=O) groups is 1. The molecular weight excluding hydrogens is 514 g/mol. The van der Waals surface area contributed by atoms with Crippen LogP contribution >= 0.6 is 59.1 Å². The fourth-order valence-electron chi connectivity index (χ4n) is 1.44. The SMILES string of the molecule is O=C(O)c1ccc(NS(=O)(=O)c2cc(Br)sc2Br)c(Br)c1. The number of carboxylic acids is 1. The fourth-order valence-corrected chi connectivity index (χ4v) is 6.94. The van der Waals surface area contributed by atoms with Crippen LogP contribution in [0.4, 0.5) is 5.69 Å². The number of halogens is 3. The number of sulfonamides is 1. The van der Waals surface area contributed by atoms with E-state index in [-0.39, 0.29) is 16.1 Å². The molecule has 5 nitrogen and oxygen atoms in total. The maximum absolute atomic E-state index is 12.3. The van der Waals surface area contributed by atoms with Gasteiger partial charge in [0.05, 0.1) is 18.8 Å². The summed E-state index contributed by atoms with van der Waals surface area (Å²) in [6.45, 7) is 0. The molecule has 0 aliphatic heterocycles. The summed E-state index contributed by atoms with van der Waals surface area (Å²) in [7, 11) is -3.77. The average Bonchev–Trinajstić information content (AvgIpc) is 2.71. The van der Waals surface area contributed by atoms with Gasteiger partial charge in [-0.15, -0.1) is 11.3 Å². The summed E-state index contributed by atoms with van der Waals surface area (Å²) in [5, 5.41) is 8.88. The molecule has 2 aromatic rings. The predicted molar refractivity (Wildman–Crippen MR) is 91.6 cm³/mol. The van der Waals surface area contributed by atoms with E-state index in [4.69, 9.17) is 5.11 Å². The summed E-state index contributed by atoms with van der Waals surface area (Å²) in [6.07, 6.45) is 0. The zero-order valence-electron chi connectivity index (χ0n) is 9.93. The number of rotatable bonds is 4. The van der Waals surface area contributed by atoms with Gasteiger partial charge in [0.2, 0.25) is 0 Å². The number of hydrogen-bond acceptors (Lipinski definition) is 4. The van der Waals surface area contributed by atoms with Crippen LogP contribution in [0.25, 0.3) is 0 Å². The number of nitrogens with one attached hydrogen (secondary N) is 1. The minimum atomic E-state index is -3.77. The Morgan fingerprint density at radius 2 is 1.86 bits per heavy atom. The topological polar surface area (TPSA) is 83.5 Å². The van der Waals surface area contributed by atoms with Gasteiger partial charge in [-0.2, -0.15) is 0 Å². The van der Waals surface area contributed by atoms with Gasteiger partial charge in [0, 0.05) is 4.47 Å². The molecule has 0 spiro atoms. The van der Waals surface area contributed by atoms with Gasteiger partial charge in [-0.05, 0) is 72.1 Å². The minimum absolute atomic E-state index is 0.0595. The molecule has 1 aromatic heterocycles. The van der Waals surface area contributed by atoms with Crippen LogP contribution in [0.15, 0.2) is 41.2 Å². The van der Waals surface area contributed by atoms with Crippen LogP contribution in [-0.2, 0) is 10.0 Å². The van der Waals surface area contributed by atoms with E-state index in [1.807, 2.05) is 0 Å². The smallest absolute Gasteiger partial charge is 0.335 e. The molecule has 10 heteroatoms. The molecule has 0 amide bonds. The Morgan fingerprint density at radius 1 is 1.19 bits per heavy atom. The Labute approximate surface area is 149 Å². The zero-order chi connectivity index (χ0) is 15.8. The summed E-state index contributed by atoms with van der Waals surface area (Å²) < 4.78 is 28.5. The van der Waals surface area contributed by atoms with Crippen molar-refractivity contribution in [3.8, 4) is 0 Å². The van der Waals surface area contributed by atoms with Crippen molar-refractivity contribution < 1.29 is 18.3 Å². The van der Waals surface area contributed by atoms with Crippen molar-refractivity contribution >= 4 is 80.8 Å². The Bertz CT molecular complexity index is 817. The van der Waals surface area contributed by atoms with E-state index in [1.54, 1.807) is 0 Å². The van der Waals surface area contributed by atoms with E-state index < -0.39 is 16.0 Å². The second kappa shape index (κ2) is 6.37. The standard InChI is InChI=1S/C11H6Br3NO4S2/c12-6-3-5(11(16)17)1-2-7(6)15-21(18,19)8-4-9(13)20-10(8)14/h1-4,15H,(H,16,17). The molecule has 0 radical (unpaired) electrons. The van der Waals surface area contributed by atoms with Crippen molar-refractivity contribution in [1.82, 2.24) is 0 Å². The summed E-state index contributed by atoms with van der Waals surface area (Å²) in [4.78, 5) is 11.0. The van der Waals surface area contributed by atoms with E-state index >= 15 is 0 Å². The van der Waals surface area contributed by atoms with Crippen molar-refractivity contribution in [1.29, 1.82) is 0 Å². The zero-order valence-corrected chi connectivity index (χ0v) is 16.3. The number of aromatic carboxylic acids is 1. The van der Waals surface area contributed by atoms with Crippen LogP contribution < -0.4 is 4.72 Å². The first-order chi connectivity index (χ1) is 9.70. The first-order valence-corrected chi connectivity index (χ1v) is 9.89. The molecule has 0 aliphatic carbocycles. The second-order valence-corrected chi connectivity index (χ2v) is 10.0. The highest BCUT2D eigenvalue weighted by atomic mass is 79.9. The van der Waals surface area contributed by atoms with Crippen molar-refractivity contribution in [3.05, 3.63) is 41.9 Å². The summed E-state index contributed by atoms with van der Waals surface area (Å²) in [5.41, 5.74) is 0.318. The highest BCUT2D eigenvalue weighted by molar-refractivity contribution is 9.12. The Kier molecular flexibility index (Phi) is 5.14. The average molecular weight is 520 g/mol. The van der Waals surface area contributed by atoms with E-state index in [1.165, 1.54) is 35.6 Å². The van der Waals surface area contributed by atoms with E-state index in [2.05, 4.69) is 52.5 Å². The van der Waals surface area contributed by atoms with E-state index in [0.29, 0.717) is 12.0 Å². The van der Waals surface area contributed by atoms with Crippen LogP contribution in [-0.4, -0.2) is 19.5 Å². The van der Waals surface area contributed by atoms with Gasteiger partial charge in [-0.25, -0.2) is 13.2 Å². The molecule has 0 saturated carbocycles. The predicted octanol–water partition coefficient (Wildman–Crippen LogP) is 4.53. The van der Waals surface area contributed by atoms with Crippen LogP contribution in [0, 0.1) is 0 Å². The fraction of sp³-hybridized carbons (Fsp3) is 0. The molecule has 112 valence electrons. The molecule has 0 bridgehead atoms. The lowest BCUT2D eigenvalue weighted by Crippen LogP contribution is -2.13. The first kappa shape index (κ1) is 16.9. The monoisotopic (exact) mass is 517 g/mol. The highest BCUT2D eigenvalue weighted by Gasteiger charge is 2.21. The lowest BCUT2D eigenvalue weighted by molar-refractivity contribution is 0.0697. The van der Waals surface area contributed by atoms with Crippen molar-refractivity contribution in [2.75, 3.05) is 4.72 Å². The molecule has 0 unspecified atom stereocenters. The summed E-state index contributed by atoms with van der Waals surface area (Å²) >= 11 is 10.8.